The van der Waals surface area contributed by atoms with Crippen LogP contribution < -0.4 is 19.5 Å². The van der Waals surface area contributed by atoms with Crippen LogP contribution in [0.2, 0.25) is 0 Å². The van der Waals surface area contributed by atoms with Crippen molar-refractivity contribution in [1.82, 2.24) is 0 Å². The lowest BCUT2D eigenvalue weighted by molar-refractivity contribution is -0.132. The van der Waals surface area contributed by atoms with E-state index in [-0.39, 0.29) is 11.9 Å². The summed E-state index contributed by atoms with van der Waals surface area (Å²) in [6.07, 6.45) is 2.81. The number of esters is 1. The van der Waals surface area contributed by atoms with Gasteiger partial charge in [0.25, 0.3) is 0 Å². The van der Waals surface area contributed by atoms with Crippen molar-refractivity contribution in [2.24, 2.45) is 0 Å². The fourth-order valence-corrected chi connectivity index (χ4v) is 3.74. The molecule has 0 saturated carbocycles. The van der Waals surface area contributed by atoms with Gasteiger partial charge in [0.05, 0.1) is 0 Å². The minimum Gasteiger partial charge on any atom is -0.489 e. The fourth-order valence-electron chi connectivity index (χ4n) is 3.74. The Hall–Kier alpha value is -3.28. The first-order chi connectivity index (χ1) is 14.6. The number of carbonyl (C=O) groups is 2. The zero-order chi connectivity index (χ0) is 22.8. The van der Waals surface area contributed by atoms with Gasteiger partial charge < -0.3 is 19.5 Å². The maximum absolute atomic E-state index is 11.5. The molecule has 1 N–H and O–H groups in total. The summed E-state index contributed by atoms with van der Waals surface area (Å²) in [5.74, 6) is 1.60. The largest absolute Gasteiger partial charge is 0.489 e. The monoisotopic (exact) mass is 423 g/mol. The second-order valence-corrected chi connectivity index (χ2v) is 8.16. The van der Waals surface area contributed by atoms with Gasteiger partial charge in [0.2, 0.25) is 5.91 Å². The number of ether oxygens (including phenoxy) is 3. The Balaban J connectivity index is 1.74. The van der Waals surface area contributed by atoms with Gasteiger partial charge in [-0.1, -0.05) is 6.58 Å². The van der Waals surface area contributed by atoms with Crippen LogP contribution in [0.5, 0.6) is 17.2 Å². The van der Waals surface area contributed by atoms with Gasteiger partial charge in [-0.3, -0.25) is 9.59 Å². The highest BCUT2D eigenvalue weighted by atomic mass is 16.5. The molecule has 0 fully saturated rings. The number of nitrogens with one attached hydrogen (secondary N) is 1. The summed E-state index contributed by atoms with van der Waals surface area (Å²) in [6.45, 7) is 13.2. The summed E-state index contributed by atoms with van der Waals surface area (Å²) in [5, 5.41) is 2.71. The molecule has 3 rings (SSSR count). The van der Waals surface area contributed by atoms with Crippen LogP contribution in [0.3, 0.4) is 0 Å². The summed E-state index contributed by atoms with van der Waals surface area (Å²) >= 11 is 0. The predicted molar refractivity (Wildman–Crippen MR) is 120 cm³/mol. The van der Waals surface area contributed by atoms with Gasteiger partial charge in [-0.25, -0.2) is 0 Å². The normalized spacial score (nSPS) is 17.2. The van der Waals surface area contributed by atoms with Gasteiger partial charge in [-0.05, 0) is 87.6 Å². The zero-order valence-electron chi connectivity index (χ0n) is 18.8. The highest BCUT2D eigenvalue weighted by Crippen LogP contribution is 2.44. The van der Waals surface area contributed by atoms with E-state index >= 15 is 0 Å². The standard InChI is InChI=1S/C25H29NO5/c1-7-22(28)26-19-8-10-20(11-9-19)29-14-25(6)13-12-21-17(4)23(30-18(5)27)15(2)16(3)24(21)31-25/h7-11H,1,12-14H2,2-6H3,(H,26,28). The molecule has 1 heterocycles. The van der Waals surface area contributed by atoms with Crippen LogP contribution in [0, 0.1) is 20.8 Å². The Morgan fingerprint density at radius 3 is 2.45 bits per heavy atom. The molecular weight excluding hydrogens is 394 g/mol. The van der Waals surface area contributed by atoms with E-state index < -0.39 is 5.60 Å². The lowest BCUT2D eigenvalue weighted by atomic mass is 9.87. The van der Waals surface area contributed by atoms with E-state index in [1.54, 1.807) is 12.1 Å². The quantitative estimate of drug-likeness (QED) is 0.409. The van der Waals surface area contributed by atoms with Crippen LogP contribution in [-0.4, -0.2) is 24.1 Å². The van der Waals surface area contributed by atoms with Gasteiger partial charge >= 0.3 is 5.97 Å². The number of anilines is 1. The lowest BCUT2D eigenvalue weighted by Crippen LogP contribution is -2.42. The molecule has 0 spiro atoms. The van der Waals surface area contributed by atoms with E-state index in [2.05, 4.69) is 11.9 Å². The van der Waals surface area contributed by atoms with Crippen LogP contribution in [0.25, 0.3) is 0 Å². The van der Waals surface area contributed by atoms with Crippen molar-refractivity contribution in [1.29, 1.82) is 0 Å². The molecule has 164 valence electrons. The van der Waals surface area contributed by atoms with E-state index in [0.717, 1.165) is 40.8 Å². The average Bonchev–Trinajstić information content (AvgIpc) is 2.74. The second-order valence-electron chi connectivity index (χ2n) is 8.16. The van der Waals surface area contributed by atoms with Crippen molar-refractivity contribution < 1.29 is 23.8 Å². The Morgan fingerprint density at radius 2 is 1.84 bits per heavy atom. The molecular formula is C25H29NO5. The fraction of sp³-hybridized carbons (Fsp3) is 0.360. The maximum atomic E-state index is 11.5. The topological polar surface area (TPSA) is 73.9 Å². The first kappa shape index (κ1) is 22.4. The smallest absolute Gasteiger partial charge is 0.308 e. The third-order valence-electron chi connectivity index (χ3n) is 5.66. The van der Waals surface area contributed by atoms with Crippen molar-refractivity contribution in [3.05, 3.63) is 59.2 Å². The number of hydrogen-bond acceptors (Lipinski definition) is 5. The highest BCUT2D eigenvalue weighted by Gasteiger charge is 2.35. The van der Waals surface area contributed by atoms with E-state index in [1.165, 1.54) is 13.0 Å². The molecule has 1 atom stereocenters. The first-order valence-electron chi connectivity index (χ1n) is 10.3. The number of benzene rings is 2. The lowest BCUT2D eigenvalue weighted by Gasteiger charge is -2.37. The van der Waals surface area contributed by atoms with Gasteiger partial charge in [0.1, 0.15) is 29.5 Å². The van der Waals surface area contributed by atoms with Crippen molar-refractivity contribution in [2.45, 2.75) is 53.1 Å². The number of carbonyl (C=O) groups excluding carboxylic acids is 2. The van der Waals surface area contributed by atoms with E-state index in [4.69, 9.17) is 14.2 Å². The Kier molecular flexibility index (Phi) is 6.39. The molecule has 1 aliphatic rings. The summed E-state index contributed by atoms with van der Waals surface area (Å²) in [5.41, 5.74) is 4.11. The summed E-state index contributed by atoms with van der Waals surface area (Å²) in [6, 6.07) is 7.18. The highest BCUT2D eigenvalue weighted by molar-refractivity contribution is 5.98. The van der Waals surface area contributed by atoms with Gasteiger partial charge in [0.15, 0.2) is 0 Å². The maximum Gasteiger partial charge on any atom is 0.308 e. The van der Waals surface area contributed by atoms with Crippen LogP contribution >= 0.6 is 0 Å². The van der Waals surface area contributed by atoms with Gasteiger partial charge in [0, 0.05) is 18.2 Å². The van der Waals surface area contributed by atoms with Crippen LogP contribution in [-0.2, 0) is 16.0 Å². The Labute approximate surface area is 183 Å². The Bertz CT molecular complexity index is 1030. The van der Waals surface area contributed by atoms with Crippen LogP contribution in [0.1, 0.15) is 42.5 Å². The van der Waals surface area contributed by atoms with E-state index in [0.29, 0.717) is 23.8 Å². The third kappa shape index (κ3) is 4.90. The Morgan fingerprint density at radius 1 is 1.16 bits per heavy atom. The molecule has 6 nitrogen and oxygen atoms in total. The molecule has 1 unspecified atom stereocenters. The molecule has 0 radical (unpaired) electrons. The van der Waals surface area contributed by atoms with Crippen LogP contribution in [0.15, 0.2) is 36.9 Å². The van der Waals surface area contributed by atoms with Gasteiger partial charge in [-0.15, -0.1) is 0 Å². The summed E-state index contributed by atoms with van der Waals surface area (Å²) in [4.78, 5) is 22.9. The van der Waals surface area contributed by atoms with Crippen molar-refractivity contribution in [3.63, 3.8) is 0 Å². The number of rotatable bonds is 6. The minimum atomic E-state index is -0.491. The van der Waals surface area contributed by atoms with Crippen LogP contribution in [0.4, 0.5) is 5.69 Å². The van der Waals surface area contributed by atoms with Gasteiger partial charge in [-0.2, -0.15) is 0 Å². The molecule has 0 aliphatic carbocycles. The van der Waals surface area contributed by atoms with Crippen molar-refractivity contribution >= 4 is 17.6 Å². The molecule has 0 bridgehead atoms. The molecule has 0 aromatic heterocycles. The SMILES string of the molecule is C=CC(=O)Nc1ccc(OCC2(C)CCc3c(C)c(OC(C)=O)c(C)c(C)c3O2)cc1. The van der Waals surface area contributed by atoms with Crippen molar-refractivity contribution in [2.75, 3.05) is 11.9 Å². The number of hydrogen-bond donors (Lipinski definition) is 1. The zero-order valence-corrected chi connectivity index (χ0v) is 18.8. The molecule has 1 amide bonds. The molecule has 0 saturated heterocycles. The average molecular weight is 424 g/mol. The minimum absolute atomic E-state index is 0.256. The molecule has 2 aromatic rings. The van der Waals surface area contributed by atoms with E-state index in [9.17, 15) is 9.59 Å². The summed E-state index contributed by atoms with van der Waals surface area (Å²) in [7, 11) is 0. The van der Waals surface area contributed by atoms with E-state index in [1.807, 2.05) is 39.8 Å². The molecule has 31 heavy (non-hydrogen) atoms. The third-order valence-corrected chi connectivity index (χ3v) is 5.66. The molecule has 2 aromatic carbocycles. The second kappa shape index (κ2) is 8.84. The first-order valence-corrected chi connectivity index (χ1v) is 10.3. The predicted octanol–water partition coefficient (Wildman–Crippen LogP) is 4.82. The van der Waals surface area contributed by atoms with Crippen molar-refractivity contribution in [3.8, 4) is 17.2 Å². The molecule has 6 heteroatoms. The summed E-state index contributed by atoms with van der Waals surface area (Å²) < 4.78 is 17.9. The number of fused-ring (bicyclic) bond motifs is 1. The number of amides is 1. The molecule has 1 aliphatic heterocycles.